The maximum atomic E-state index is 12.8. The van der Waals surface area contributed by atoms with Gasteiger partial charge in [-0.15, -0.1) is 13.2 Å². The van der Waals surface area contributed by atoms with Gasteiger partial charge in [0.05, 0.1) is 25.5 Å². The van der Waals surface area contributed by atoms with Crippen molar-refractivity contribution in [2.24, 2.45) is 0 Å². The second kappa shape index (κ2) is 17.6. The van der Waals surface area contributed by atoms with Gasteiger partial charge in [0, 0.05) is 37.8 Å². The summed E-state index contributed by atoms with van der Waals surface area (Å²) < 4.78 is 23.5. The molecule has 0 aliphatic heterocycles. The molecule has 2 atom stereocenters. The molecule has 0 spiro atoms. The number of imidazole rings is 1. The van der Waals surface area contributed by atoms with Gasteiger partial charge in [0.25, 0.3) is 0 Å². The fraction of sp³-hybridized carbons (Fsp3) is 0.515. The molecule has 0 saturated heterocycles. The SMILES string of the molecule is C=CCC(Nc1cc(NC(=O)OC)ccc1-c1cn(COCC[Si](C)(C)C)c([C@H](CC=C)NC(=O)OC(C)(C)C)n1)C(=O)OCC. The second-order valence-electron chi connectivity index (χ2n) is 12.9. The van der Waals surface area contributed by atoms with E-state index in [-0.39, 0.29) is 13.3 Å². The first-order valence-electron chi connectivity index (χ1n) is 15.4. The molecule has 0 aliphatic carbocycles. The molecule has 254 valence electrons. The summed E-state index contributed by atoms with van der Waals surface area (Å²) >= 11 is 0. The van der Waals surface area contributed by atoms with Crippen LogP contribution >= 0.6 is 0 Å². The van der Waals surface area contributed by atoms with Crippen LogP contribution in [0.15, 0.2) is 49.7 Å². The van der Waals surface area contributed by atoms with Gasteiger partial charge in [-0.1, -0.05) is 31.8 Å². The lowest BCUT2D eigenvalue weighted by Gasteiger charge is -2.23. The van der Waals surface area contributed by atoms with Crippen molar-refractivity contribution in [3.8, 4) is 11.3 Å². The third kappa shape index (κ3) is 12.7. The highest BCUT2D eigenvalue weighted by atomic mass is 28.3. The standard InChI is InChI=1S/C33H51N5O7Si/c1-11-14-25(37-32(41)45-33(4,5)6)29-36-28(21-38(29)22-43-18-19-46(8,9)10)24-17-16-23(34-31(40)42-7)20-27(24)35-26(15-12-2)30(39)44-13-3/h11-12,16-17,20-21,25-26,35H,1-2,13-15,18-19,22H2,3-10H3,(H,34,40)(H,37,41)/t25-,26?/m0/s1. The van der Waals surface area contributed by atoms with Crippen molar-refractivity contribution in [2.75, 3.05) is 31.0 Å². The number of nitrogens with zero attached hydrogens (tertiary/aromatic N) is 2. The zero-order valence-electron chi connectivity index (χ0n) is 28.5. The molecule has 0 fully saturated rings. The van der Waals surface area contributed by atoms with E-state index in [0.29, 0.717) is 47.9 Å². The normalized spacial score (nSPS) is 12.8. The number of carbonyl (C=O) groups is 3. The van der Waals surface area contributed by atoms with Crippen LogP contribution in [0.2, 0.25) is 25.7 Å². The average molecular weight is 658 g/mol. The van der Waals surface area contributed by atoms with Gasteiger partial charge < -0.3 is 34.1 Å². The summed E-state index contributed by atoms with van der Waals surface area (Å²) in [6.07, 6.45) is 4.59. The van der Waals surface area contributed by atoms with Crippen LogP contribution in [0.5, 0.6) is 0 Å². The molecule has 1 heterocycles. The average Bonchev–Trinajstić information content (AvgIpc) is 3.37. The first-order chi connectivity index (χ1) is 21.6. The van der Waals surface area contributed by atoms with Crippen LogP contribution in [0, 0.1) is 0 Å². The maximum Gasteiger partial charge on any atom is 0.411 e. The van der Waals surface area contributed by atoms with Crippen molar-refractivity contribution >= 4 is 37.6 Å². The summed E-state index contributed by atoms with van der Waals surface area (Å²) in [6, 6.07) is 4.82. The zero-order chi connectivity index (χ0) is 34.5. The molecular formula is C33H51N5O7Si. The predicted octanol–water partition coefficient (Wildman–Crippen LogP) is 7.10. The van der Waals surface area contributed by atoms with E-state index >= 15 is 0 Å². The summed E-state index contributed by atoms with van der Waals surface area (Å²) in [4.78, 5) is 42.6. The van der Waals surface area contributed by atoms with Gasteiger partial charge in [0.15, 0.2) is 0 Å². The monoisotopic (exact) mass is 657 g/mol. The van der Waals surface area contributed by atoms with Gasteiger partial charge in [-0.25, -0.2) is 19.4 Å². The molecule has 2 amide bonds. The van der Waals surface area contributed by atoms with Gasteiger partial charge in [-0.3, -0.25) is 5.32 Å². The number of benzene rings is 1. The van der Waals surface area contributed by atoms with Crippen molar-refractivity contribution in [2.45, 2.75) is 90.6 Å². The minimum absolute atomic E-state index is 0.198. The van der Waals surface area contributed by atoms with Crippen LogP contribution in [0.1, 0.15) is 52.4 Å². The van der Waals surface area contributed by atoms with E-state index in [2.05, 4.69) is 48.7 Å². The Labute approximate surface area is 273 Å². The van der Waals surface area contributed by atoms with Gasteiger partial charge in [0.2, 0.25) is 0 Å². The Morgan fingerprint density at radius 3 is 2.37 bits per heavy atom. The third-order valence-electron chi connectivity index (χ3n) is 6.47. The highest BCUT2D eigenvalue weighted by Gasteiger charge is 2.26. The van der Waals surface area contributed by atoms with Gasteiger partial charge in [0.1, 0.15) is 24.2 Å². The molecule has 13 heteroatoms. The first kappa shape index (κ1) is 38.1. The number of carbonyl (C=O) groups excluding carboxylic acids is 3. The highest BCUT2D eigenvalue weighted by Crippen LogP contribution is 2.33. The van der Waals surface area contributed by atoms with Crippen LogP contribution in [0.4, 0.5) is 21.0 Å². The lowest BCUT2D eigenvalue weighted by atomic mass is 10.1. The van der Waals surface area contributed by atoms with E-state index in [1.807, 2.05) is 10.8 Å². The van der Waals surface area contributed by atoms with E-state index in [4.69, 9.17) is 23.9 Å². The zero-order valence-corrected chi connectivity index (χ0v) is 29.5. The fourth-order valence-electron chi connectivity index (χ4n) is 4.27. The summed E-state index contributed by atoms with van der Waals surface area (Å²) in [7, 11) is -0.0574. The topological polar surface area (TPSA) is 142 Å². The molecule has 1 unspecified atom stereocenters. The Morgan fingerprint density at radius 2 is 1.78 bits per heavy atom. The third-order valence-corrected chi connectivity index (χ3v) is 8.17. The quantitative estimate of drug-likeness (QED) is 0.0534. The minimum atomic E-state index is -1.33. The molecular weight excluding hydrogens is 606 g/mol. The molecule has 3 N–H and O–H groups in total. The smallest absolute Gasteiger partial charge is 0.411 e. The molecule has 2 aromatic rings. The Balaban J connectivity index is 2.65. The van der Waals surface area contributed by atoms with Crippen molar-refractivity contribution in [1.29, 1.82) is 0 Å². The number of anilines is 2. The number of rotatable bonds is 17. The van der Waals surface area contributed by atoms with Gasteiger partial charge in [-0.2, -0.15) is 0 Å². The van der Waals surface area contributed by atoms with E-state index in [1.54, 1.807) is 58.0 Å². The van der Waals surface area contributed by atoms with Gasteiger partial charge >= 0.3 is 18.2 Å². The molecule has 0 saturated carbocycles. The van der Waals surface area contributed by atoms with Crippen molar-refractivity contribution in [1.82, 2.24) is 14.9 Å². The van der Waals surface area contributed by atoms with Crippen LogP contribution in [0.3, 0.4) is 0 Å². The van der Waals surface area contributed by atoms with Crippen LogP contribution in [-0.4, -0.2) is 67.7 Å². The number of hydrogen-bond acceptors (Lipinski definition) is 9. The Bertz CT molecular complexity index is 1350. The number of aromatic nitrogens is 2. The number of hydrogen-bond donors (Lipinski definition) is 3. The highest BCUT2D eigenvalue weighted by molar-refractivity contribution is 6.76. The van der Waals surface area contributed by atoms with Crippen molar-refractivity contribution < 1.29 is 33.3 Å². The lowest BCUT2D eigenvalue weighted by molar-refractivity contribution is -0.143. The molecule has 0 aliphatic rings. The number of amides is 2. The van der Waals surface area contributed by atoms with Crippen LogP contribution < -0.4 is 16.0 Å². The Morgan fingerprint density at radius 1 is 1.09 bits per heavy atom. The summed E-state index contributed by atoms with van der Waals surface area (Å²) in [6.45, 7) is 22.6. The number of ether oxygens (including phenoxy) is 4. The van der Waals surface area contributed by atoms with E-state index in [9.17, 15) is 14.4 Å². The van der Waals surface area contributed by atoms with E-state index in [0.717, 1.165) is 6.04 Å². The minimum Gasteiger partial charge on any atom is -0.464 e. The Kier molecular flexibility index (Phi) is 14.5. The molecule has 0 bridgehead atoms. The second-order valence-corrected chi connectivity index (χ2v) is 18.5. The predicted molar refractivity (Wildman–Crippen MR) is 184 cm³/mol. The lowest BCUT2D eigenvalue weighted by Crippen LogP contribution is -2.36. The van der Waals surface area contributed by atoms with Gasteiger partial charge in [-0.05, 0) is 64.8 Å². The van der Waals surface area contributed by atoms with Crippen LogP contribution in [0.25, 0.3) is 11.3 Å². The molecule has 1 aromatic heterocycles. The van der Waals surface area contributed by atoms with E-state index in [1.165, 1.54) is 7.11 Å². The number of nitrogens with one attached hydrogen (secondary N) is 3. The van der Waals surface area contributed by atoms with Crippen molar-refractivity contribution in [3.05, 3.63) is 55.5 Å². The molecule has 1 aromatic carbocycles. The molecule has 46 heavy (non-hydrogen) atoms. The Hall–Kier alpha value is -4.10. The van der Waals surface area contributed by atoms with Crippen molar-refractivity contribution in [3.63, 3.8) is 0 Å². The maximum absolute atomic E-state index is 12.8. The molecule has 2 rings (SSSR count). The largest absolute Gasteiger partial charge is 0.464 e. The van der Waals surface area contributed by atoms with E-state index < -0.39 is 43.9 Å². The fourth-order valence-corrected chi connectivity index (χ4v) is 5.03. The summed E-state index contributed by atoms with van der Waals surface area (Å²) in [5.74, 6) is 0.0822. The summed E-state index contributed by atoms with van der Waals surface area (Å²) in [5.41, 5.74) is 1.42. The molecule has 12 nitrogen and oxygen atoms in total. The number of esters is 1. The number of alkyl carbamates (subject to hydrolysis) is 1. The first-order valence-corrected chi connectivity index (χ1v) is 19.1. The number of methoxy groups -OCH3 is 1. The molecule has 0 radical (unpaired) electrons. The van der Waals surface area contributed by atoms with Crippen LogP contribution in [-0.2, 0) is 30.5 Å². The summed E-state index contributed by atoms with van der Waals surface area (Å²) in [5, 5.41) is 8.84.